The number of nitriles is 1. The third-order valence-corrected chi connectivity index (χ3v) is 3.54. The van der Waals surface area contributed by atoms with E-state index in [0.717, 1.165) is 11.7 Å². The molecule has 90 valence electrons. The van der Waals surface area contributed by atoms with E-state index in [1.54, 1.807) is 6.20 Å². The molecule has 1 fully saturated rings. The first kappa shape index (κ1) is 11.8. The Labute approximate surface area is 102 Å². The lowest BCUT2D eigenvalue weighted by Crippen LogP contribution is -2.26. The molecule has 0 aromatic carbocycles. The molecule has 1 heterocycles. The molecule has 0 unspecified atom stereocenters. The lowest BCUT2D eigenvalue weighted by molar-refractivity contribution is 0.330. The van der Waals surface area contributed by atoms with E-state index in [1.807, 2.05) is 6.07 Å². The SMILES string of the molecule is CCC1CCC(Nc2cnc(C#N)cn2)CC1. The number of rotatable bonds is 3. The molecule has 0 amide bonds. The monoisotopic (exact) mass is 230 g/mol. The number of aromatic nitrogens is 2. The average molecular weight is 230 g/mol. The van der Waals surface area contributed by atoms with Crippen LogP contribution in [0.15, 0.2) is 12.4 Å². The highest BCUT2D eigenvalue weighted by Crippen LogP contribution is 2.27. The van der Waals surface area contributed by atoms with Gasteiger partial charge in [0.1, 0.15) is 11.9 Å². The van der Waals surface area contributed by atoms with Crippen molar-refractivity contribution in [3.8, 4) is 6.07 Å². The number of hydrogen-bond donors (Lipinski definition) is 1. The Morgan fingerprint density at radius 1 is 1.29 bits per heavy atom. The second-order valence-corrected chi connectivity index (χ2v) is 4.67. The minimum atomic E-state index is 0.366. The topological polar surface area (TPSA) is 61.6 Å². The predicted octanol–water partition coefficient (Wildman–Crippen LogP) is 2.73. The lowest BCUT2D eigenvalue weighted by atomic mass is 9.84. The number of anilines is 1. The van der Waals surface area contributed by atoms with Crippen molar-refractivity contribution in [3.63, 3.8) is 0 Å². The fraction of sp³-hybridized carbons (Fsp3) is 0.615. The highest BCUT2D eigenvalue weighted by atomic mass is 15.0. The molecular weight excluding hydrogens is 212 g/mol. The van der Waals surface area contributed by atoms with Crippen LogP contribution in [0.1, 0.15) is 44.7 Å². The maximum atomic E-state index is 8.63. The number of nitrogens with zero attached hydrogens (tertiary/aromatic N) is 3. The van der Waals surface area contributed by atoms with Crippen LogP contribution in [0, 0.1) is 17.2 Å². The standard InChI is InChI=1S/C13H18N4/c1-2-10-3-5-11(6-4-10)17-13-9-15-12(7-14)8-16-13/h8-11H,2-6H2,1H3,(H,16,17). The van der Waals surface area contributed by atoms with Crippen molar-refractivity contribution in [2.45, 2.75) is 45.1 Å². The molecule has 1 saturated carbocycles. The summed E-state index contributed by atoms with van der Waals surface area (Å²) in [5.74, 6) is 1.68. The van der Waals surface area contributed by atoms with Crippen molar-refractivity contribution in [3.05, 3.63) is 18.1 Å². The Kier molecular flexibility index (Phi) is 3.92. The Balaban J connectivity index is 1.87. The van der Waals surface area contributed by atoms with Gasteiger partial charge in [0.25, 0.3) is 0 Å². The summed E-state index contributed by atoms with van der Waals surface area (Å²) in [5.41, 5.74) is 0.366. The Morgan fingerprint density at radius 2 is 2.06 bits per heavy atom. The van der Waals surface area contributed by atoms with Gasteiger partial charge >= 0.3 is 0 Å². The number of nitrogens with one attached hydrogen (secondary N) is 1. The van der Waals surface area contributed by atoms with Crippen molar-refractivity contribution in [1.29, 1.82) is 5.26 Å². The van der Waals surface area contributed by atoms with E-state index >= 15 is 0 Å². The zero-order valence-electron chi connectivity index (χ0n) is 10.2. The van der Waals surface area contributed by atoms with E-state index in [9.17, 15) is 0 Å². The van der Waals surface area contributed by atoms with Crippen molar-refractivity contribution in [2.75, 3.05) is 5.32 Å². The van der Waals surface area contributed by atoms with E-state index < -0.39 is 0 Å². The molecule has 0 atom stereocenters. The quantitative estimate of drug-likeness (QED) is 0.867. The number of hydrogen-bond acceptors (Lipinski definition) is 4. The molecule has 1 aliphatic carbocycles. The van der Waals surface area contributed by atoms with E-state index in [-0.39, 0.29) is 0 Å². The van der Waals surface area contributed by atoms with Gasteiger partial charge in [-0.2, -0.15) is 5.26 Å². The van der Waals surface area contributed by atoms with Gasteiger partial charge in [-0.1, -0.05) is 13.3 Å². The smallest absolute Gasteiger partial charge is 0.158 e. The molecule has 17 heavy (non-hydrogen) atoms. The van der Waals surface area contributed by atoms with Gasteiger partial charge in [-0.3, -0.25) is 0 Å². The third kappa shape index (κ3) is 3.16. The highest BCUT2D eigenvalue weighted by Gasteiger charge is 2.19. The maximum absolute atomic E-state index is 8.63. The minimum absolute atomic E-state index is 0.366. The van der Waals surface area contributed by atoms with Gasteiger partial charge in [-0.15, -0.1) is 0 Å². The molecule has 4 nitrogen and oxygen atoms in total. The fourth-order valence-electron chi connectivity index (χ4n) is 2.38. The molecule has 0 aliphatic heterocycles. The van der Waals surface area contributed by atoms with Crippen molar-refractivity contribution in [1.82, 2.24) is 9.97 Å². The molecule has 1 aromatic heterocycles. The predicted molar refractivity (Wildman–Crippen MR) is 66.4 cm³/mol. The van der Waals surface area contributed by atoms with Gasteiger partial charge in [0.2, 0.25) is 0 Å². The molecule has 1 aliphatic rings. The van der Waals surface area contributed by atoms with Crippen molar-refractivity contribution >= 4 is 5.82 Å². The summed E-state index contributed by atoms with van der Waals surface area (Å²) < 4.78 is 0. The summed E-state index contributed by atoms with van der Waals surface area (Å²) in [4.78, 5) is 8.19. The Bertz CT molecular complexity index is 385. The summed E-state index contributed by atoms with van der Waals surface area (Å²) in [6.45, 7) is 2.27. The molecular formula is C13H18N4. The Hall–Kier alpha value is -1.63. The zero-order chi connectivity index (χ0) is 12.1. The van der Waals surface area contributed by atoms with Gasteiger partial charge in [-0.25, -0.2) is 9.97 Å². The lowest BCUT2D eigenvalue weighted by Gasteiger charge is -2.28. The maximum Gasteiger partial charge on any atom is 0.158 e. The first-order valence-electron chi connectivity index (χ1n) is 6.30. The van der Waals surface area contributed by atoms with Crippen LogP contribution >= 0.6 is 0 Å². The van der Waals surface area contributed by atoms with Crippen LogP contribution in [-0.2, 0) is 0 Å². The zero-order valence-corrected chi connectivity index (χ0v) is 10.2. The van der Waals surface area contributed by atoms with Crippen LogP contribution in [-0.4, -0.2) is 16.0 Å². The average Bonchev–Trinajstić information content (AvgIpc) is 2.40. The van der Waals surface area contributed by atoms with Crippen molar-refractivity contribution < 1.29 is 0 Å². The molecule has 1 aromatic rings. The molecule has 4 heteroatoms. The Morgan fingerprint density at radius 3 is 2.59 bits per heavy atom. The second kappa shape index (κ2) is 5.62. The van der Waals surface area contributed by atoms with Crippen LogP contribution in [0.25, 0.3) is 0 Å². The largest absolute Gasteiger partial charge is 0.366 e. The van der Waals surface area contributed by atoms with Gasteiger partial charge in [0.15, 0.2) is 5.69 Å². The van der Waals surface area contributed by atoms with Gasteiger partial charge in [-0.05, 0) is 31.6 Å². The normalized spacial score (nSPS) is 24.0. The first-order chi connectivity index (χ1) is 8.31. The van der Waals surface area contributed by atoms with Crippen LogP contribution < -0.4 is 5.32 Å². The van der Waals surface area contributed by atoms with E-state index in [4.69, 9.17) is 5.26 Å². The van der Waals surface area contributed by atoms with Gasteiger partial charge in [0.05, 0.1) is 12.4 Å². The summed E-state index contributed by atoms with van der Waals surface area (Å²) >= 11 is 0. The molecule has 1 N–H and O–H groups in total. The van der Waals surface area contributed by atoms with E-state index in [2.05, 4.69) is 22.2 Å². The second-order valence-electron chi connectivity index (χ2n) is 4.67. The van der Waals surface area contributed by atoms with Crippen LogP contribution in [0.4, 0.5) is 5.82 Å². The first-order valence-corrected chi connectivity index (χ1v) is 6.30. The third-order valence-electron chi connectivity index (χ3n) is 3.54. The fourth-order valence-corrected chi connectivity index (χ4v) is 2.38. The summed E-state index contributed by atoms with van der Waals surface area (Å²) in [6.07, 6.45) is 9.48. The van der Waals surface area contributed by atoms with Crippen LogP contribution in [0.3, 0.4) is 0 Å². The molecule has 0 bridgehead atoms. The van der Waals surface area contributed by atoms with E-state index in [0.29, 0.717) is 11.7 Å². The van der Waals surface area contributed by atoms with Gasteiger partial charge < -0.3 is 5.32 Å². The van der Waals surface area contributed by atoms with Crippen molar-refractivity contribution in [2.24, 2.45) is 5.92 Å². The molecule has 0 saturated heterocycles. The summed E-state index contributed by atoms with van der Waals surface area (Å²) in [5, 5.41) is 12.0. The van der Waals surface area contributed by atoms with Gasteiger partial charge in [0, 0.05) is 6.04 Å². The van der Waals surface area contributed by atoms with E-state index in [1.165, 1.54) is 38.3 Å². The molecule has 0 spiro atoms. The highest BCUT2D eigenvalue weighted by molar-refractivity contribution is 5.34. The molecule has 0 radical (unpaired) electrons. The summed E-state index contributed by atoms with van der Waals surface area (Å²) in [7, 11) is 0. The molecule has 2 rings (SSSR count). The van der Waals surface area contributed by atoms with Crippen LogP contribution in [0.5, 0.6) is 0 Å². The van der Waals surface area contributed by atoms with Crippen LogP contribution in [0.2, 0.25) is 0 Å². The summed E-state index contributed by atoms with van der Waals surface area (Å²) in [6, 6.07) is 2.48. The minimum Gasteiger partial charge on any atom is -0.366 e.